The molecule has 1 amide bonds. The molecular formula is C20H31N3O6. The number of benzene rings is 1. The molecule has 162 valence electrons. The van der Waals surface area contributed by atoms with Gasteiger partial charge in [-0.25, -0.2) is 0 Å². The van der Waals surface area contributed by atoms with Gasteiger partial charge in [0.1, 0.15) is 5.56 Å². The Hall–Kier alpha value is -2.55. The molecule has 0 radical (unpaired) electrons. The summed E-state index contributed by atoms with van der Waals surface area (Å²) < 4.78 is 15.7. The number of ether oxygens (including phenoxy) is 3. The molecule has 0 bridgehead atoms. The highest BCUT2D eigenvalue weighted by atomic mass is 16.6. The van der Waals surface area contributed by atoms with E-state index < -0.39 is 16.5 Å². The number of carbonyl (C=O) groups excluding carboxylic acids is 1. The molecule has 1 aromatic rings. The number of likely N-dealkylation sites (N-methyl/N-ethyl adjacent to an activating group) is 1. The Bertz CT molecular complexity index is 742. The molecule has 1 aliphatic rings. The third-order valence-corrected chi connectivity index (χ3v) is 5.79. The number of nitrogens with zero attached hydrogens (tertiary/aromatic N) is 2. The van der Waals surface area contributed by atoms with Crippen molar-refractivity contribution in [1.29, 1.82) is 0 Å². The minimum Gasteiger partial charge on any atom is -0.493 e. The van der Waals surface area contributed by atoms with E-state index >= 15 is 0 Å². The molecule has 0 spiro atoms. The summed E-state index contributed by atoms with van der Waals surface area (Å²) in [5.41, 5.74) is -0.726. The van der Waals surface area contributed by atoms with Crippen LogP contribution in [0.5, 0.6) is 17.2 Å². The lowest BCUT2D eigenvalue weighted by Crippen LogP contribution is -2.52. The summed E-state index contributed by atoms with van der Waals surface area (Å²) in [6, 6.07) is 1.32. The summed E-state index contributed by atoms with van der Waals surface area (Å²) in [6.45, 7) is 0.409. The van der Waals surface area contributed by atoms with Crippen LogP contribution in [-0.2, 0) is 0 Å². The number of nitro groups is 1. The van der Waals surface area contributed by atoms with Crippen LogP contribution in [0.25, 0.3) is 0 Å². The maximum atomic E-state index is 13.0. The highest BCUT2D eigenvalue weighted by Gasteiger charge is 2.36. The fraction of sp³-hybridized carbons (Fsp3) is 0.650. The maximum Gasteiger partial charge on any atom is 0.327 e. The minimum atomic E-state index is -0.636. The molecule has 0 aromatic heterocycles. The second-order valence-corrected chi connectivity index (χ2v) is 7.51. The number of amides is 1. The minimum absolute atomic E-state index is 0.0757. The predicted molar refractivity (Wildman–Crippen MR) is 109 cm³/mol. The summed E-state index contributed by atoms with van der Waals surface area (Å²) in [6.07, 6.45) is 6.50. The normalized spacial score (nSPS) is 16.1. The van der Waals surface area contributed by atoms with Gasteiger partial charge in [-0.3, -0.25) is 14.9 Å². The molecule has 0 heterocycles. The van der Waals surface area contributed by atoms with E-state index in [-0.39, 0.29) is 28.4 Å². The van der Waals surface area contributed by atoms with Gasteiger partial charge in [-0.2, -0.15) is 0 Å². The average Bonchev–Trinajstić information content (AvgIpc) is 2.96. The Kier molecular flexibility index (Phi) is 7.66. The topological polar surface area (TPSA) is 103 Å². The summed E-state index contributed by atoms with van der Waals surface area (Å²) in [5, 5.41) is 14.7. The lowest BCUT2D eigenvalue weighted by molar-refractivity contribution is -0.386. The molecule has 0 unspecified atom stereocenters. The van der Waals surface area contributed by atoms with Crippen LogP contribution in [0, 0.1) is 10.1 Å². The van der Waals surface area contributed by atoms with Crippen LogP contribution >= 0.6 is 0 Å². The van der Waals surface area contributed by atoms with E-state index in [1.807, 2.05) is 14.1 Å². The Balaban J connectivity index is 2.40. The van der Waals surface area contributed by atoms with Gasteiger partial charge in [0.25, 0.3) is 5.91 Å². The summed E-state index contributed by atoms with van der Waals surface area (Å²) in [4.78, 5) is 26.3. The lowest BCUT2D eigenvalue weighted by Gasteiger charge is -2.39. The SMILES string of the molecule is COc1cc(C(=O)NCC2(N(C)C)CCCCCC2)c([N+](=O)[O-])c(OC)c1OC. The number of nitrogens with one attached hydrogen (secondary N) is 1. The van der Waals surface area contributed by atoms with E-state index in [2.05, 4.69) is 10.2 Å². The van der Waals surface area contributed by atoms with Crippen LogP contribution in [0.2, 0.25) is 0 Å². The van der Waals surface area contributed by atoms with Gasteiger partial charge in [-0.1, -0.05) is 25.7 Å². The number of nitro benzene ring substituents is 1. The van der Waals surface area contributed by atoms with Crippen molar-refractivity contribution in [2.24, 2.45) is 0 Å². The molecule has 1 aromatic carbocycles. The van der Waals surface area contributed by atoms with Crippen molar-refractivity contribution in [3.63, 3.8) is 0 Å². The number of hydrogen-bond donors (Lipinski definition) is 1. The van der Waals surface area contributed by atoms with Crippen molar-refractivity contribution in [3.05, 3.63) is 21.7 Å². The zero-order valence-corrected chi connectivity index (χ0v) is 17.9. The van der Waals surface area contributed by atoms with Gasteiger partial charge in [0.15, 0.2) is 5.75 Å². The Morgan fingerprint density at radius 2 is 1.69 bits per heavy atom. The molecule has 9 heteroatoms. The molecule has 1 fully saturated rings. The fourth-order valence-electron chi connectivity index (χ4n) is 4.00. The largest absolute Gasteiger partial charge is 0.493 e. The molecule has 1 saturated carbocycles. The van der Waals surface area contributed by atoms with Crippen molar-refractivity contribution in [2.75, 3.05) is 42.0 Å². The number of hydrogen-bond acceptors (Lipinski definition) is 7. The first-order valence-electron chi connectivity index (χ1n) is 9.74. The quantitative estimate of drug-likeness (QED) is 0.400. The zero-order valence-electron chi connectivity index (χ0n) is 17.9. The molecule has 1 aliphatic carbocycles. The van der Waals surface area contributed by atoms with E-state index in [0.717, 1.165) is 25.7 Å². The van der Waals surface area contributed by atoms with Crippen LogP contribution in [-0.4, -0.2) is 63.2 Å². The molecule has 0 atom stereocenters. The third kappa shape index (κ3) is 4.72. The average molecular weight is 409 g/mol. The summed E-state index contributed by atoms with van der Waals surface area (Å²) in [5.74, 6) is -0.413. The standard InChI is InChI=1S/C20H31N3O6/c1-22(2)20(10-8-6-7-9-11-20)13-21-19(24)14-12-15(27-3)17(28-4)18(29-5)16(14)23(25)26/h12H,6-11,13H2,1-5H3,(H,21,24). The van der Waals surface area contributed by atoms with Crippen molar-refractivity contribution in [2.45, 2.75) is 44.1 Å². The highest BCUT2D eigenvalue weighted by molar-refractivity contribution is 6.00. The first-order valence-corrected chi connectivity index (χ1v) is 9.74. The van der Waals surface area contributed by atoms with Gasteiger partial charge < -0.3 is 24.4 Å². The van der Waals surface area contributed by atoms with Gasteiger partial charge in [-0.05, 0) is 26.9 Å². The molecule has 9 nitrogen and oxygen atoms in total. The smallest absolute Gasteiger partial charge is 0.327 e. The van der Waals surface area contributed by atoms with E-state index in [1.54, 1.807) is 0 Å². The van der Waals surface area contributed by atoms with Gasteiger partial charge in [0, 0.05) is 18.2 Å². The van der Waals surface area contributed by atoms with Gasteiger partial charge in [0.05, 0.1) is 26.3 Å². The van der Waals surface area contributed by atoms with Crippen LogP contribution in [0.4, 0.5) is 5.69 Å². The molecule has 1 N–H and O–H groups in total. The maximum absolute atomic E-state index is 13.0. The molecule has 2 rings (SSSR count). The second-order valence-electron chi connectivity index (χ2n) is 7.51. The van der Waals surface area contributed by atoms with Crippen molar-refractivity contribution in [1.82, 2.24) is 10.2 Å². The predicted octanol–water partition coefficient (Wildman–Crippen LogP) is 3.01. The first-order chi connectivity index (χ1) is 13.8. The van der Waals surface area contributed by atoms with E-state index in [4.69, 9.17) is 14.2 Å². The lowest BCUT2D eigenvalue weighted by atomic mass is 9.88. The third-order valence-electron chi connectivity index (χ3n) is 5.79. The van der Waals surface area contributed by atoms with Gasteiger partial charge in [0.2, 0.25) is 11.5 Å². The molecular weight excluding hydrogens is 378 g/mol. The Morgan fingerprint density at radius 3 is 2.14 bits per heavy atom. The first kappa shape index (κ1) is 22.7. The Labute approximate surface area is 171 Å². The van der Waals surface area contributed by atoms with E-state index in [9.17, 15) is 14.9 Å². The number of carbonyl (C=O) groups is 1. The molecule has 29 heavy (non-hydrogen) atoms. The molecule has 0 aliphatic heterocycles. The van der Waals surface area contributed by atoms with Crippen molar-refractivity contribution in [3.8, 4) is 17.2 Å². The second kappa shape index (κ2) is 9.78. The zero-order chi connectivity index (χ0) is 21.6. The van der Waals surface area contributed by atoms with E-state index in [1.165, 1.54) is 40.2 Å². The van der Waals surface area contributed by atoms with Crippen molar-refractivity contribution < 1.29 is 23.9 Å². The van der Waals surface area contributed by atoms with Crippen molar-refractivity contribution >= 4 is 11.6 Å². The van der Waals surface area contributed by atoms with Crippen LogP contribution in [0.15, 0.2) is 6.07 Å². The summed E-state index contributed by atoms with van der Waals surface area (Å²) in [7, 11) is 8.07. The van der Waals surface area contributed by atoms with Crippen LogP contribution < -0.4 is 19.5 Å². The van der Waals surface area contributed by atoms with Gasteiger partial charge >= 0.3 is 5.69 Å². The summed E-state index contributed by atoms with van der Waals surface area (Å²) >= 11 is 0. The van der Waals surface area contributed by atoms with Crippen LogP contribution in [0.1, 0.15) is 48.9 Å². The van der Waals surface area contributed by atoms with Crippen LogP contribution in [0.3, 0.4) is 0 Å². The van der Waals surface area contributed by atoms with E-state index in [0.29, 0.717) is 6.54 Å². The number of methoxy groups -OCH3 is 3. The Morgan fingerprint density at radius 1 is 1.10 bits per heavy atom. The number of rotatable bonds is 8. The van der Waals surface area contributed by atoms with Gasteiger partial charge in [-0.15, -0.1) is 0 Å². The molecule has 0 saturated heterocycles. The highest BCUT2D eigenvalue weighted by Crippen LogP contribution is 2.46. The monoisotopic (exact) mass is 409 g/mol. The fourth-order valence-corrected chi connectivity index (χ4v) is 4.00.